The molecule has 1 aliphatic rings. The van der Waals surface area contributed by atoms with Crippen LogP contribution in [0, 0.1) is 12.8 Å². The smallest absolute Gasteiger partial charge is 0.271 e. The number of rotatable bonds is 8. The number of Topliss-reactive ketones (excluding diaryl/α,β-unsaturated/α-hetero) is 1. The van der Waals surface area contributed by atoms with Crippen molar-refractivity contribution in [3.05, 3.63) is 53.5 Å². The Morgan fingerprint density at radius 1 is 1.26 bits per heavy atom. The van der Waals surface area contributed by atoms with Crippen LogP contribution in [0.2, 0.25) is 0 Å². The molecule has 0 saturated carbocycles. The lowest BCUT2D eigenvalue weighted by molar-refractivity contribution is 0.0954. The summed E-state index contributed by atoms with van der Waals surface area (Å²) in [6.45, 7) is 3.40. The predicted molar refractivity (Wildman–Crippen MR) is 135 cm³/mol. The molecule has 0 spiro atoms. The summed E-state index contributed by atoms with van der Waals surface area (Å²) in [4.78, 5) is 37.9. The van der Waals surface area contributed by atoms with Crippen LogP contribution in [0.5, 0.6) is 0 Å². The number of piperidine rings is 1. The molecule has 178 valence electrons. The Morgan fingerprint density at radius 3 is 2.68 bits per heavy atom. The molecule has 9 nitrogen and oxygen atoms in total. The molecular weight excluding hydrogens is 450 g/mol. The average molecular weight is 480 g/mol. The second-order valence-electron chi connectivity index (χ2n) is 8.77. The normalized spacial score (nSPS) is 15.7. The van der Waals surface area contributed by atoms with Gasteiger partial charge in [-0.3, -0.25) is 9.59 Å². The molecule has 0 unspecified atom stereocenters. The molecule has 0 radical (unpaired) electrons. The zero-order chi connectivity index (χ0) is 24.2. The lowest BCUT2D eigenvalue weighted by Crippen LogP contribution is -2.37. The topological polar surface area (TPSA) is 117 Å². The third kappa shape index (κ3) is 5.51. The van der Waals surface area contributed by atoms with Crippen molar-refractivity contribution in [2.75, 3.05) is 42.3 Å². The molecule has 1 aromatic carbocycles. The van der Waals surface area contributed by atoms with Gasteiger partial charge in [-0.2, -0.15) is 4.37 Å². The Hall–Kier alpha value is -3.53. The molecule has 3 heterocycles. The van der Waals surface area contributed by atoms with Gasteiger partial charge >= 0.3 is 0 Å². The monoisotopic (exact) mass is 479 g/mol. The van der Waals surface area contributed by atoms with Gasteiger partial charge in [0.2, 0.25) is 0 Å². The van der Waals surface area contributed by atoms with Gasteiger partial charge in [0.25, 0.3) is 5.91 Å². The Bertz CT molecular complexity index is 1180. The molecule has 34 heavy (non-hydrogen) atoms. The second-order valence-corrected chi connectivity index (χ2v) is 9.58. The number of amides is 1. The first kappa shape index (κ1) is 23.6. The summed E-state index contributed by atoms with van der Waals surface area (Å²) in [5, 5.41) is 3.89. The molecule has 3 N–H and O–H groups in total. The standard InChI is InChI=1S/C24H29N7O2S/c1-15-11-21(34-29-15)28-24-22(23(25)33)26-13-20(27-24)31-10-4-5-16(14-31)12-19(32)17-6-8-18(9-7-17)30(2)3/h6-9,11,13,16H,4-5,10,12,14H2,1-3H3,(H2,25,33)(H,27,28)/t16-/m0/s1. The van der Waals surface area contributed by atoms with Gasteiger partial charge in [-0.25, -0.2) is 9.97 Å². The number of primary amides is 1. The Labute approximate surface area is 203 Å². The number of hydrogen-bond donors (Lipinski definition) is 2. The van der Waals surface area contributed by atoms with Crippen LogP contribution in [-0.4, -0.2) is 53.2 Å². The highest BCUT2D eigenvalue weighted by molar-refractivity contribution is 7.10. The molecular formula is C24H29N7O2S. The van der Waals surface area contributed by atoms with Crippen LogP contribution < -0.4 is 20.9 Å². The van der Waals surface area contributed by atoms with Crippen LogP contribution >= 0.6 is 11.5 Å². The maximum Gasteiger partial charge on any atom is 0.271 e. The van der Waals surface area contributed by atoms with E-state index in [4.69, 9.17) is 5.73 Å². The summed E-state index contributed by atoms with van der Waals surface area (Å²) < 4.78 is 4.25. The zero-order valence-electron chi connectivity index (χ0n) is 19.6. The predicted octanol–water partition coefficient (Wildman–Crippen LogP) is 3.64. The van der Waals surface area contributed by atoms with Crippen molar-refractivity contribution >= 4 is 45.5 Å². The van der Waals surface area contributed by atoms with Gasteiger partial charge in [-0.05, 0) is 67.5 Å². The molecule has 1 amide bonds. The fourth-order valence-corrected chi connectivity index (χ4v) is 4.76. The number of carbonyl (C=O) groups is 2. The number of ketones is 1. The molecule has 1 atom stereocenters. The molecule has 1 aliphatic heterocycles. The highest BCUT2D eigenvalue weighted by Gasteiger charge is 2.25. The minimum atomic E-state index is -0.648. The van der Waals surface area contributed by atoms with E-state index in [1.807, 2.05) is 56.3 Å². The largest absolute Gasteiger partial charge is 0.378 e. The van der Waals surface area contributed by atoms with E-state index < -0.39 is 5.91 Å². The summed E-state index contributed by atoms with van der Waals surface area (Å²) in [5.41, 5.74) is 8.27. The summed E-state index contributed by atoms with van der Waals surface area (Å²) in [7, 11) is 3.96. The number of nitrogens with two attached hydrogens (primary N) is 1. The third-order valence-corrected chi connectivity index (χ3v) is 6.68. The maximum atomic E-state index is 12.9. The summed E-state index contributed by atoms with van der Waals surface area (Å²) in [6.07, 6.45) is 3.99. The van der Waals surface area contributed by atoms with Gasteiger partial charge in [0.15, 0.2) is 17.3 Å². The zero-order valence-corrected chi connectivity index (χ0v) is 20.4. The molecule has 0 aliphatic carbocycles. The number of hydrogen-bond acceptors (Lipinski definition) is 9. The Kier molecular flexibility index (Phi) is 7.06. The van der Waals surface area contributed by atoms with Crippen LogP contribution in [0.25, 0.3) is 0 Å². The van der Waals surface area contributed by atoms with Crippen molar-refractivity contribution in [1.82, 2.24) is 14.3 Å². The number of nitrogens with zero attached hydrogens (tertiary/aromatic N) is 5. The number of anilines is 4. The van der Waals surface area contributed by atoms with Crippen LogP contribution in [-0.2, 0) is 0 Å². The van der Waals surface area contributed by atoms with E-state index in [1.165, 1.54) is 11.5 Å². The number of benzene rings is 1. The first-order valence-electron chi connectivity index (χ1n) is 11.2. The number of nitrogens with one attached hydrogen (secondary N) is 1. The van der Waals surface area contributed by atoms with Gasteiger partial charge in [0, 0.05) is 44.9 Å². The van der Waals surface area contributed by atoms with Crippen LogP contribution in [0.4, 0.5) is 22.3 Å². The van der Waals surface area contributed by atoms with Crippen LogP contribution in [0.1, 0.15) is 45.8 Å². The highest BCUT2D eigenvalue weighted by Crippen LogP contribution is 2.28. The summed E-state index contributed by atoms with van der Waals surface area (Å²) in [5.74, 6) is 0.683. The number of aromatic nitrogens is 3. The van der Waals surface area contributed by atoms with Gasteiger partial charge in [0.1, 0.15) is 10.8 Å². The third-order valence-electron chi connectivity index (χ3n) is 5.89. The summed E-state index contributed by atoms with van der Waals surface area (Å²) in [6, 6.07) is 9.60. The van der Waals surface area contributed by atoms with Gasteiger partial charge < -0.3 is 20.9 Å². The van der Waals surface area contributed by atoms with Gasteiger partial charge in [-0.15, -0.1) is 0 Å². The van der Waals surface area contributed by atoms with Gasteiger partial charge in [-0.1, -0.05) is 0 Å². The van der Waals surface area contributed by atoms with Crippen LogP contribution in [0.3, 0.4) is 0 Å². The SMILES string of the molecule is Cc1cc(Nc2nc(N3CCC[C@@H](CC(=O)c4ccc(N(C)C)cc4)C3)cnc2C(N)=O)sn1. The molecule has 3 aromatic rings. The van der Waals surface area contributed by atoms with Crippen molar-refractivity contribution in [2.45, 2.75) is 26.2 Å². The van der Waals surface area contributed by atoms with Crippen molar-refractivity contribution in [1.29, 1.82) is 0 Å². The van der Waals surface area contributed by atoms with Crippen molar-refractivity contribution in [2.24, 2.45) is 11.7 Å². The first-order chi connectivity index (χ1) is 16.3. The van der Waals surface area contributed by atoms with Crippen molar-refractivity contribution < 1.29 is 9.59 Å². The van der Waals surface area contributed by atoms with E-state index in [9.17, 15) is 9.59 Å². The van der Waals surface area contributed by atoms with E-state index in [-0.39, 0.29) is 17.4 Å². The van der Waals surface area contributed by atoms with E-state index >= 15 is 0 Å². The van der Waals surface area contributed by atoms with E-state index in [0.717, 1.165) is 41.3 Å². The van der Waals surface area contributed by atoms with E-state index in [0.29, 0.717) is 24.6 Å². The maximum absolute atomic E-state index is 12.9. The van der Waals surface area contributed by atoms with E-state index in [2.05, 4.69) is 24.6 Å². The molecule has 10 heteroatoms. The quantitative estimate of drug-likeness (QED) is 0.470. The Morgan fingerprint density at radius 2 is 2.03 bits per heavy atom. The first-order valence-corrected chi connectivity index (χ1v) is 12.0. The lowest BCUT2D eigenvalue weighted by atomic mass is 9.91. The molecule has 1 fully saturated rings. The van der Waals surface area contributed by atoms with Crippen molar-refractivity contribution in [3.8, 4) is 0 Å². The van der Waals surface area contributed by atoms with Gasteiger partial charge in [0.05, 0.1) is 11.9 Å². The minimum absolute atomic E-state index is 0.0831. The minimum Gasteiger partial charge on any atom is -0.378 e. The fourth-order valence-electron chi connectivity index (χ4n) is 4.10. The Balaban J connectivity index is 1.47. The molecule has 1 saturated heterocycles. The molecule has 4 rings (SSSR count). The number of carbonyl (C=O) groups excluding carboxylic acids is 2. The second kappa shape index (κ2) is 10.2. The average Bonchev–Trinajstić information content (AvgIpc) is 3.23. The van der Waals surface area contributed by atoms with Crippen molar-refractivity contribution in [3.63, 3.8) is 0 Å². The summed E-state index contributed by atoms with van der Waals surface area (Å²) >= 11 is 1.28. The highest BCUT2D eigenvalue weighted by atomic mass is 32.1. The fraction of sp³-hybridized carbons (Fsp3) is 0.375. The number of aryl methyl sites for hydroxylation is 1. The van der Waals surface area contributed by atoms with E-state index in [1.54, 1.807) is 6.20 Å². The molecule has 2 aromatic heterocycles. The lowest BCUT2D eigenvalue weighted by Gasteiger charge is -2.33. The molecule has 0 bridgehead atoms. The van der Waals surface area contributed by atoms with Crippen LogP contribution in [0.15, 0.2) is 36.5 Å².